The van der Waals surface area contributed by atoms with Crippen LogP contribution in [0.15, 0.2) is 78.9 Å². The van der Waals surface area contributed by atoms with Crippen molar-refractivity contribution in [3.05, 3.63) is 95.6 Å². The van der Waals surface area contributed by atoms with E-state index in [-0.39, 0.29) is 5.78 Å². The molecule has 0 amide bonds. The molecule has 0 aliphatic heterocycles. The lowest BCUT2D eigenvalue weighted by Crippen LogP contribution is -2.10. The van der Waals surface area contributed by atoms with Gasteiger partial charge in [0.25, 0.3) is 0 Å². The Morgan fingerprint density at radius 1 is 0.724 bits per heavy atom. The van der Waals surface area contributed by atoms with Gasteiger partial charge < -0.3 is 10.2 Å². The van der Waals surface area contributed by atoms with Crippen molar-refractivity contribution in [1.82, 2.24) is 0 Å². The summed E-state index contributed by atoms with van der Waals surface area (Å²) >= 11 is 0. The van der Waals surface area contributed by atoms with Gasteiger partial charge in [-0.05, 0) is 34.9 Å². The SMILES string of the molecule is CN(C)c1ccc(CNc2ccc3c4c(cccc24)C(=O)c2ccccc2-3)cc1. The molecule has 1 N–H and O–H groups in total. The van der Waals surface area contributed by atoms with Gasteiger partial charge in [0.05, 0.1) is 0 Å². The zero-order valence-electron chi connectivity index (χ0n) is 16.6. The summed E-state index contributed by atoms with van der Waals surface area (Å²) in [5, 5.41) is 5.71. The minimum Gasteiger partial charge on any atom is -0.380 e. The fourth-order valence-electron chi connectivity index (χ4n) is 4.14. The van der Waals surface area contributed by atoms with Crippen LogP contribution in [0.2, 0.25) is 0 Å². The van der Waals surface area contributed by atoms with E-state index in [9.17, 15) is 4.79 Å². The number of fused-ring (bicyclic) bond motifs is 2. The van der Waals surface area contributed by atoms with Crippen LogP contribution < -0.4 is 10.2 Å². The predicted molar refractivity (Wildman–Crippen MR) is 121 cm³/mol. The Balaban J connectivity index is 1.54. The van der Waals surface area contributed by atoms with Gasteiger partial charge in [0, 0.05) is 53.9 Å². The summed E-state index contributed by atoms with van der Waals surface area (Å²) in [6.07, 6.45) is 0. The fourth-order valence-corrected chi connectivity index (χ4v) is 4.14. The molecule has 0 bridgehead atoms. The van der Waals surface area contributed by atoms with Crippen molar-refractivity contribution in [3.8, 4) is 11.1 Å². The first-order chi connectivity index (χ1) is 14.1. The molecular weight excluding hydrogens is 356 g/mol. The highest BCUT2D eigenvalue weighted by atomic mass is 16.1. The van der Waals surface area contributed by atoms with Gasteiger partial charge in [-0.2, -0.15) is 0 Å². The Hall–Kier alpha value is -3.59. The summed E-state index contributed by atoms with van der Waals surface area (Å²) in [4.78, 5) is 15.1. The molecule has 0 unspecified atom stereocenters. The Morgan fingerprint density at radius 2 is 1.45 bits per heavy atom. The highest BCUT2D eigenvalue weighted by molar-refractivity contribution is 6.27. The molecule has 0 aromatic heterocycles. The van der Waals surface area contributed by atoms with Crippen LogP contribution in [0.25, 0.3) is 21.9 Å². The van der Waals surface area contributed by atoms with Crippen molar-refractivity contribution in [3.63, 3.8) is 0 Å². The number of carbonyl (C=O) groups excluding carboxylic acids is 1. The van der Waals surface area contributed by atoms with Gasteiger partial charge in [-0.15, -0.1) is 0 Å². The van der Waals surface area contributed by atoms with Gasteiger partial charge in [0.2, 0.25) is 0 Å². The van der Waals surface area contributed by atoms with Crippen molar-refractivity contribution in [2.24, 2.45) is 0 Å². The molecule has 3 heteroatoms. The summed E-state index contributed by atoms with van der Waals surface area (Å²) in [5.74, 6) is 0.107. The van der Waals surface area contributed by atoms with Gasteiger partial charge in [0.1, 0.15) is 0 Å². The topological polar surface area (TPSA) is 32.3 Å². The molecule has 29 heavy (non-hydrogen) atoms. The number of nitrogens with one attached hydrogen (secondary N) is 1. The van der Waals surface area contributed by atoms with E-state index in [1.165, 1.54) is 11.3 Å². The maximum Gasteiger partial charge on any atom is 0.194 e. The summed E-state index contributed by atoms with van der Waals surface area (Å²) in [5.41, 5.74) is 7.18. The highest BCUT2D eigenvalue weighted by Crippen LogP contribution is 2.41. The lowest BCUT2D eigenvalue weighted by atomic mass is 9.82. The number of benzene rings is 4. The van der Waals surface area contributed by atoms with E-state index in [1.807, 2.05) is 50.5 Å². The van der Waals surface area contributed by atoms with Gasteiger partial charge in [-0.3, -0.25) is 4.79 Å². The van der Waals surface area contributed by atoms with Crippen LogP contribution in [0.3, 0.4) is 0 Å². The van der Waals surface area contributed by atoms with E-state index in [1.54, 1.807) is 0 Å². The molecular formula is C26H22N2O. The number of ketones is 1. The minimum atomic E-state index is 0.107. The lowest BCUT2D eigenvalue weighted by molar-refractivity contribution is 0.104. The van der Waals surface area contributed by atoms with Crippen molar-refractivity contribution in [1.29, 1.82) is 0 Å². The summed E-state index contributed by atoms with van der Waals surface area (Å²) < 4.78 is 0. The van der Waals surface area contributed by atoms with Crippen LogP contribution in [0.4, 0.5) is 11.4 Å². The molecule has 0 heterocycles. The number of rotatable bonds is 4. The zero-order valence-corrected chi connectivity index (χ0v) is 16.6. The van der Waals surface area contributed by atoms with E-state index in [0.717, 1.165) is 45.3 Å². The van der Waals surface area contributed by atoms with Crippen LogP contribution in [0.5, 0.6) is 0 Å². The number of hydrogen-bond donors (Lipinski definition) is 1. The maximum absolute atomic E-state index is 13.0. The number of hydrogen-bond acceptors (Lipinski definition) is 3. The van der Waals surface area contributed by atoms with Crippen molar-refractivity contribution < 1.29 is 4.79 Å². The van der Waals surface area contributed by atoms with E-state index in [2.05, 4.69) is 52.7 Å². The molecule has 0 radical (unpaired) electrons. The molecule has 142 valence electrons. The molecule has 5 rings (SSSR count). The molecule has 0 saturated carbocycles. The van der Waals surface area contributed by atoms with Gasteiger partial charge in [-0.25, -0.2) is 0 Å². The molecule has 1 aliphatic carbocycles. The monoisotopic (exact) mass is 378 g/mol. The van der Waals surface area contributed by atoms with Gasteiger partial charge >= 0.3 is 0 Å². The first kappa shape index (κ1) is 17.5. The van der Waals surface area contributed by atoms with E-state index >= 15 is 0 Å². The minimum absolute atomic E-state index is 0.107. The molecule has 1 aliphatic rings. The van der Waals surface area contributed by atoms with E-state index in [4.69, 9.17) is 0 Å². The quantitative estimate of drug-likeness (QED) is 0.433. The second kappa shape index (κ2) is 6.78. The van der Waals surface area contributed by atoms with Crippen molar-refractivity contribution in [2.45, 2.75) is 6.54 Å². The molecule has 0 fully saturated rings. The largest absolute Gasteiger partial charge is 0.380 e. The Morgan fingerprint density at radius 3 is 2.21 bits per heavy atom. The molecule has 0 atom stereocenters. The van der Waals surface area contributed by atoms with Crippen molar-refractivity contribution >= 4 is 27.9 Å². The fraction of sp³-hybridized carbons (Fsp3) is 0.115. The van der Waals surface area contributed by atoms with E-state index < -0.39 is 0 Å². The zero-order chi connectivity index (χ0) is 20.0. The number of anilines is 2. The van der Waals surface area contributed by atoms with Crippen LogP contribution in [0.1, 0.15) is 21.5 Å². The average molecular weight is 378 g/mol. The third-order valence-electron chi connectivity index (χ3n) is 5.68. The lowest BCUT2D eigenvalue weighted by Gasteiger charge is -2.21. The summed E-state index contributed by atoms with van der Waals surface area (Å²) in [7, 11) is 4.09. The van der Waals surface area contributed by atoms with Crippen LogP contribution >= 0.6 is 0 Å². The normalized spacial score (nSPS) is 12.0. The second-order valence-corrected chi connectivity index (χ2v) is 7.68. The molecule has 3 nitrogen and oxygen atoms in total. The third-order valence-corrected chi connectivity index (χ3v) is 5.68. The van der Waals surface area contributed by atoms with Crippen LogP contribution in [-0.4, -0.2) is 19.9 Å². The second-order valence-electron chi connectivity index (χ2n) is 7.68. The number of nitrogens with zero attached hydrogens (tertiary/aromatic N) is 1. The summed E-state index contributed by atoms with van der Waals surface area (Å²) in [6.45, 7) is 0.733. The smallest absolute Gasteiger partial charge is 0.194 e. The Kier molecular flexibility index (Phi) is 4.09. The third kappa shape index (κ3) is 2.87. The standard InChI is InChI=1S/C26H22N2O/c1-28(2)18-12-10-17(11-13-18)16-27-24-15-14-20-19-6-3-4-7-21(19)26(29)23-9-5-8-22(24)25(20)23/h3-15,27H,16H2,1-2H3. The van der Waals surface area contributed by atoms with Crippen LogP contribution in [-0.2, 0) is 6.54 Å². The van der Waals surface area contributed by atoms with Crippen molar-refractivity contribution in [2.75, 3.05) is 24.3 Å². The molecule has 0 saturated heterocycles. The van der Waals surface area contributed by atoms with Gasteiger partial charge in [-0.1, -0.05) is 60.7 Å². The Bertz CT molecular complexity index is 1240. The predicted octanol–water partition coefficient (Wildman–Crippen LogP) is 5.73. The highest BCUT2D eigenvalue weighted by Gasteiger charge is 2.25. The van der Waals surface area contributed by atoms with Crippen LogP contribution in [0, 0.1) is 0 Å². The first-order valence-corrected chi connectivity index (χ1v) is 9.83. The maximum atomic E-state index is 13.0. The van der Waals surface area contributed by atoms with Gasteiger partial charge in [0.15, 0.2) is 5.78 Å². The molecule has 4 aromatic rings. The number of carbonyl (C=O) groups is 1. The average Bonchev–Trinajstić information content (AvgIpc) is 2.76. The molecule has 0 spiro atoms. The first-order valence-electron chi connectivity index (χ1n) is 9.83. The van der Waals surface area contributed by atoms with E-state index in [0.29, 0.717) is 0 Å². The summed E-state index contributed by atoms with van der Waals surface area (Å²) in [6, 6.07) is 26.7. The molecule has 4 aromatic carbocycles. The Labute approximate surface area is 170 Å².